The molecule has 1 aromatic carbocycles. The van der Waals surface area contributed by atoms with Gasteiger partial charge in [0.1, 0.15) is 0 Å². The molecule has 6 heteroatoms. The van der Waals surface area contributed by atoms with E-state index in [9.17, 15) is 9.90 Å². The number of halogens is 1. The summed E-state index contributed by atoms with van der Waals surface area (Å²) in [5.74, 6) is 0.510. The number of carbonyl (C=O) groups is 1. The lowest BCUT2D eigenvalue weighted by Gasteiger charge is -2.19. The molecule has 0 aromatic heterocycles. The van der Waals surface area contributed by atoms with Gasteiger partial charge in [-0.25, -0.2) is 4.79 Å². The van der Waals surface area contributed by atoms with Crippen LogP contribution in [0.3, 0.4) is 0 Å². The highest BCUT2D eigenvalue weighted by atomic mass is 35.5. The number of urea groups is 1. The Bertz CT molecular complexity index is 495. The Morgan fingerprint density at radius 3 is 2.83 bits per heavy atom. The van der Waals surface area contributed by atoms with Gasteiger partial charge in [-0.2, -0.15) is 0 Å². The van der Waals surface area contributed by atoms with Crippen molar-refractivity contribution in [2.45, 2.75) is 25.8 Å². The van der Waals surface area contributed by atoms with E-state index >= 15 is 0 Å². The van der Waals surface area contributed by atoms with Gasteiger partial charge in [-0.15, -0.1) is 0 Å². The normalized spacial score (nSPS) is 19.5. The van der Waals surface area contributed by atoms with Gasteiger partial charge in [0.25, 0.3) is 0 Å². The fraction of sp³-hybridized carbons (Fsp3) is 0.588. The topological polar surface area (TPSA) is 64.6 Å². The van der Waals surface area contributed by atoms with Crippen LogP contribution in [0.15, 0.2) is 24.3 Å². The van der Waals surface area contributed by atoms with Gasteiger partial charge in [-0.05, 0) is 49.5 Å². The first kappa shape index (κ1) is 18.0. The molecular weight excluding hydrogens is 314 g/mol. The largest absolute Gasteiger partial charge is 0.394 e. The van der Waals surface area contributed by atoms with Gasteiger partial charge in [0.05, 0.1) is 12.6 Å². The van der Waals surface area contributed by atoms with E-state index in [0.717, 1.165) is 31.6 Å². The molecule has 0 aliphatic carbocycles. The van der Waals surface area contributed by atoms with Crippen LogP contribution in [0.1, 0.15) is 31.4 Å². The zero-order chi connectivity index (χ0) is 16.7. The van der Waals surface area contributed by atoms with E-state index in [4.69, 9.17) is 11.6 Å². The molecule has 1 aromatic rings. The molecule has 5 nitrogen and oxygen atoms in total. The molecule has 0 bridgehead atoms. The maximum absolute atomic E-state index is 12.0. The van der Waals surface area contributed by atoms with Crippen molar-refractivity contribution in [1.29, 1.82) is 0 Å². The zero-order valence-corrected chi connectivity index (χ0v) is 14.4. The third-order valence-corrected chi connectivity index (χ3v) is 4.47. The molecule has 1 aliphatic rings. The summed E-state index contributed by atoms with van der Waals surface area (Å²) in [4.78, 5) is 14.5. The van der Waals surface area contributed by atoms with Crippen LogP contribution in [0.25, 0.3) is 0 Å². The first-order valence-electron chi connectivity index (χ1n) is 8.25. The maximum atomic E-state index is 12.0. The highest BCUT2D eigenvalue weighted by molar-refractivity contribution is 6.30. The van der Waals surface area contributed by atoms with Crippen molar-refractivity contribution in [2.75, 3.05) is 32.8 Å². The molecule has 0 saturated carbocycles. The highest BCUT2D eigenvalue weighted by Gasteiger charge is 2.22. The summed E-state index contributed by atoms with van der Waals surface area (Å²) >= 11 is 5.86. The second-order valence-corrected chi connectivity index (χ2v) is 6.53. The van der Waals surface area contributed by atoms with Crippen molar-refractivity contribution in [2.24, 2.45) is 5.92 Å². The summed E-state index contributed by atoms with van der Waals surface area (Å²) in [6.07, 6.45) is 2.29. The number of likely N-dealkylation sites (tertiary alicyclic amines) is 1. The fourth-order valence-corrected chi connectivity index (χ4v) is 3.10. The summed E-state index contributed by atoms with van der Waals surface area (Å²) < 4.78 is 0. The zero-order valence-electron chi connectivity index (χ0n) is 13.6. The second-order valence-electron chi connectivity index (χ2n) is 6.10. The number of aliphatic hydroxyl groups excluding tert-OH is 1. The molecule has 1 heterocycles. The molecule has 0 radical (unpaired) electrons. The van der Waals surface area contributed by atoms with Crippen LogP contribution in [-0.4, -0.2) is 48.8 Å². The van der Waals surface area contributed by atoms with E-state index in [1.807, 2.05) is 12.1 Å². The molecule has 2 unspecified atom stereocenters. The quantitative estimate of drug-likeness (QED) is 0.714. The predicted octanol–water partition coefficient (Wildman–Crippen LogP) is 2.40. The first-order chi connectivity index (χ1) is 11.1. The minimum Gasteiger partial charge on any atom is -0.394 e. The van der Waals surface area contributed by atoms with Crippen molar-refractivity contribution in [1.82, 2.24) is 15.5 Å². The number of rotatable bonds is 7. The third-order valence-electron chi connectivity index (χ3n) is 4.22. The van der Waals surface area contributed by atoms with Crippen molar-refractivity contribution >= 4 is 17.6 Å². The Morgan fingerprint density at radius 1 is 1.43 bits per heavy atom. The van der Waals surface area contributed by atoms with Crippen LogP contribution in [0, 0.1) is 5.92 Å². The van der Waals surface area contributed by atoms with Gasteiger partial charge < -0.3 is 20.6 Å². The van der Waals surface area contributed by atoms with Crippen molar-refractivity contribution < 1.29 is 9.90 Å². The number of nitrogens with one attached hydrogen (secondary N) is 2. The maximum Gasteiger partial charge on any atom is 0.315 e. The van der Waals surface area contributed by atoms with Crippen LogP contribution in [-0.2, 0) is 0 Å². The smallest absolute Gasteiger partial charge is 0.315 e. The number of benzene rings is 1. The number of carbonyl (C=O) groups excluding carboxylic acids is 1. The standard InChI is InChI=1S/C17H26ClN3O2/c1-2-8-21-9-7-13(11-21)10-19-17(23)20-16(12-22)14-3-5-15(18)6-4-14/h3-6,13,16,22H,2,7-12H2,1H3,(H2,19,20,23). The van der Waals surface area contributed by atoms with Gasteiger partial charge in [0, 0.05) is 18.1 Å². The molecule has 0 spiro atoms. The molecule has 3 N–H and O–H groups in total. The number of nitrogens with zero attached hydrogens (tertiary/aromatic N) is 1. The fourth-order valence-electron chi connectivity index (χ4n) is 2.97. The number of aliphatic hydroxyl groups is 1. The SMILES string of the molecule is CCCN1CCC(CNC(=O)NC(CO)c2ccc(Cl)cc2)C1. The van der Waals surface area contributed by atoms with E-state index in [0.29, 0.717) is 17.5 Å². The van der Waals surface area contributed by atoms with Crippen LogP contribution in [0.4, 0.5) is 4.79 Å². The minimum absolute atomic E-state index is 0.150. The Hall–Kier alpha value is -1.30. The Morgan fingerprint density at radius 2 is 2.17 bits per heavy atom. The Kier molecular flexibility index (Phi) is 7.15. The highest BCUT2D eigenvalue weighted by Crippen LogP contribution is 2.17. The van der Waals surface area contributed by atoms with E-state index < -0.39 is 6.04 Å². The molecule has 1 aliphatic heterocycles. The second kappa shape index (κ2) is 9.11. The van der Waals surface area contributed by atoms with Crippen LogP contribution in [0.5, 0.6) is 0 Å². The van der Waals surface area contributed by atoms with Crippen LogP contribution < -0.4 is 10.6 Å². The van der Waals surface area contributed by atoms with Gasteiger partial charge in [0.2, 0.25) is 0 Å². The van der Waals surface area contributed by atoms with Gasteiger partial charge >= 0.3 is 6.03 Å². The third kappa shape index (κ3) is 5.68. The minimum atomic E-state index is -0.424. The number of hydrogen-bond donors (Lipinski definition) is 3. The number of hydrogen-bond acceptors (Lipinski definition) is 3. The van der Waals surface area contributed by atoms with Crippen LogP contribution in [0.2, 0.25) is 5.02 Å². The number of amides is 2. The molecule has 2 atom stereocenters. The molecule has 128 valence electrons. The summed E-state index contributed by atoms with van der Waals surface area (Å²) in [6, 6.07) is 6.45. The summed E-state index contributed by atoms with van der Waals surface area (Å²) in [7, 11) is 0. The molecule has 1 saturated heterocycles. The van der Waals surface area contributed by atoms with Crippen LogP contribution >= 0.6 is 11.6 Å². The molecule has 1 fully saturated rings. The predicted molar refractivity (Wildman–Crippen MR) is 92.7 cm³/mol. The summed E-state index contributed by atoms with van der Waals surface area (Å²) in [6.45, 7) is 6.00. The Balaban J connectivity index is 1.76. The van der Waals surface area contributed by atoms with E-state index in [2.05, 4.69) is 22.5 Å². The van der Waals surface area contributed by atoms with E-state index in [1.54, 1.807) is 12.1 Å². The first-order valence-corrected chi connectivity index (χ1v) is 8.63. The monoisotopic (exact) mass is 339 g/mol. The molecular formula is C17H26ClN3O2. The van der Waals surface area contributed by atoms with Gasteiger partial charge in [-0.3, -0.25) is 0 Å². The molecule has 23 heavy (non-hydrogen) atoms. The van der Waals surface area contributed by atoms with Gasteiger partial charge in [0.15, 0.2) is 0 Å². The Labute approximate surface area is 143 Å². The van der Waals surface area contributed by atoms with Crippen molar-refractivity contribution in [3.8, 4) is 0 Å². The molecule has 2 rings (SSSR count). The lowest BCUT2D eigenvalue weighted by atomic mass is 10.1. The van der Waals surface area contributed by atoms with E-state index in [-0.39, 0.29) is 12.6 Å². The van der Waals surface area contributed by atoms with Crippen molar-refractivity contribution in [3.05, 3.63) is 34.9 Å². The van der Waals surface area contributed by atoms with Crippen molar-refractivity contribution in [3.63, 3.8) is 0 Å². The average molecular weight is 340 g/mol. The summed E-state index contributed by atoms with van der Waals surface area (Å²) in [5, 5.41) is 15.8. The summed E-state index contributed by atoms with van der Waals surface area (Å²) in [5.41, 5.74) is 0.835. The van der Waals surface area contributed by atoms with Gasteiger partial charge in [-0.1, -0.05) is 30.7 Å². The van der Waals surface area contributed by atoms with E-state index in [1.165, 1.54) is 6.42 Å². The lowest BCUT2D eigenvalue weighted by molar-refractivity contribution is 0.215. The molecule has 2 amide bonds. The average Bonchev–Trinajstić information content (AvgIpc) is 3.00. The lowest BCUT2D eigenvalue weighted by Crippen LogP contribution is -2.41.